The van der Waals surface area contributed by atoms with Crippen LogP contribution in [0.3, 0.4) is 0 Å². The zero-order valence-corrected chi connectivity index (χ0v) is 21.6. The van der Waals surface area contributed by atoms with E-state index in [1.54, 1.807) is 11.3 Å². The van der Waals surface area contributed by atoms with Gasteiger partial charge in [0.15, 0.2) is 0 Å². The lowest BCUT2D eigenvalue weighted by Crippen LogP contribution is -2.22. The Bertz CT molecular complexity index is 1070. The van der Waals surface area contributed by atoms with Crippen LogP contribution in [0.5, 0.6) is 5.75 Å². The summed E-state index contributed by atoms with van der Waals surface area (Å²) in [6, 6.07) is 19.1. The lowest BCUT2D eigenvalue weighted by atomic mass is 9.98. The van der Waals surface area contributed by atoms with Crippen molar-refractivity contribution in [3.8, 4) is 28.7 Å². The summed E-state index contributed by atoms with van der Waals surface area (Å²) in [7, 11) is 0. The second kappa shape index (κ2) is 13.3. The summed E-state index contributed by atoms with van der Waals surface area (Å²) in [6.45, 7) is 11.9. The highest BCUT2D eigenvalue weighted by molar-refractivity contribution is 7.08. The van der Waals surface area contributed by atoms with Gasteiger partial charge in [0.2, 0.25) is 0 Å². The number of benzene rings is 2. The summed E-state index contributed by atoms with van der Waals surface area (Å²) in [5, 5.41) is 4.26. The molecule has 4 heteroatoms. The maximum Gasteiger partial charge on any atom is 0.120 e. The molecule has 0 bridgehead atoms. The van der Waals surface area contributed by atoms with Crippen molar-refractivity contribution in [2.24, 2.45) is 5.41 Å². The number of allylic oxidation sites excluding steroid dienone is 1. The van der Waals surface area contributed by atoms with Gasteiger partial charge in [0.25, 0.3) is 0 Å². The quantitative estimate of drug-likeness (QED) is 0.290. The van der Waals surface area contributed by atoms with E-state index >= 15 is 0 Å². The minimum Gasteiger partial charge on any atom is -0.489 e. The van der Waals surface area contributed by atoms with Crippen molar-refractivity contribution in [2.75, 3.05) is 13.1 Å². The molecule has 1 heterocycles. The van der Waals surface area contributed by atoms with Crippen molar-refractivity contribution in [3.63, 3.8) is 0 Å². The predicted octanol–water partition coefficient (Wildman–Crippen LogP) is 7.84. The summed E-state index contributed by atoms with van der Waals surface area (Å²) >= 11 is 1.71. The van der Waals surface area contributed by atoms with E-state index in [0.717, 1.165) is 25.4 Å². The third-order valence-corrected chi connectivity index (χ3v) is 5.63. The Morgan fingerprint density at radius 1 is 1.00 bits per heavy atom. The van der Waals surface area contributed by atoms with Crippen molar-refractivity contribution in [2.45, 2.75) is 40.8 Å². The van der Waals surface area contributed by atoms with Gasteiger partial charge in [-0.2, -0.15) is 11.3 Å². The lowest BCUT2D eigenvalue weighted by molar-refractivity contribution is 0.302. The molecule has 0 unspecified atom stereocenters. The fourth-order valence-corrected chi connectivity index (χ4v) is 3.93. The molecular weight excluding hydrogens is 446 g/mol. The minimum atomic E-state index is 0. The van der Waals surface area contributed by atoms with Crippen molar-refractivity contribution < 1.29 is 4.74 Å². The molecule has 0 aliphatic carbocycles. The average Bonchev–Trinajstić information content (AvgIpc) is 3.31. The highest BCUT2D eigenvalue weighted by Crippen LogP contribution is 2.26. The summed E-state index contributed by atoms with van der Waals surface area (Å²) in [5.74, 6) is 7.29. The van der Waals surface area contributed by atoms with Crippen LogP contribution in [0.15, 0.2) is 77.5 Å². The fraction of sp³-hybridized carbons (Fsp3) is 0.310. The highest BCUT2D eigenvalue weighted by Gasteiger charge is 2.05. The number of rotatable bonds is 9. The third kappa shape index (κ3) is 9.48. The molecule has 0 spiro atoms. The van der Waals surface area contributed by atoms with E-state index in [0.29, 0.717) is 6.61 Å². The molecule has 0 N–H and O–H groups in total. The molecule has 3 aromatic rings. The van der Waals surface area contributed by atoms with Gasteiger partial charge in [-0.3, -0.25) is 4.90 Å². The summed E-state index contributed by atoms with van der Waals surface area (Å²) in [4.78, 5) is 2.40. The Morgan fingerprint density at radius 2 is 1.79 bits per heavy atom. The van der Waals surface area contributed by atoms with Gasteiger partial charge in [0, 0.05) is 18.5 Å². The van der Waals surface area contributed by atoms with Gasteiger partial charge in [-0.15, -0.1) is 12.4 Å². The lowest BCUT2D eigenvalue weighted by Gasteiger charge is -2.19. The second-order valence-corrected chi connectivity index (χ2v) is 9.68. The monoisotopic (exact) mass is 479 g/mol. The SMILES string of the molecule is CCN(C/C=C/C#CC(C)(C)C)Cc1cccc(COc2cccc(-c3ccsc3)c2)c1.Cl. The van der Waals surface area contributed by atoms with Crippen LogP contribution in [0.1, 0.15) is 38.8 Å². The maximum atomic E-state index is 6.10. The Kier molecular flexibility index (Phi) is 10.7. The molecular formula is C29H34ClNOS. The number of nitrogens with zero attached hydrogens (tertiary/aromatic N) is 1. The molecule has 0 fully saturated rings. The molecule has 174 valence electrons. The van der Waals surface area contributed by atoms with Crippen LogP contribution in [-0.2, 0) is 13.2 Å². The van der Waals surface area contributed by atoms with Gasteiger partial charge < -0.3 is 4.74 Å². The van der Waals surface area contributed by atoms with Crippen molar-refractivity contribution in [1.29, 1.82) is 0 Å². The molecule has 0 saturated heterocycles. The van der Waals surface area contributed by atoms with Crippen LogP contribution >= 0.6 is 23.7 Å². The minimum absolute atomic E-state index is 0. The van der Waals surface area contributed by atoms with Gasteiger partial charge in [-0.1, -0.05) is 61.2 Å². The first kappa shape index (κ1) is 26.7. The van der Waals surface area contributed by atoms with Gasteiger partial charge >= 0.3 is 0 Å². The Labute approximate surface area is 209 Å². The molecule has 3 rings (SSSR count). The average molecular weight is 480 g/mol. The van der Waals surface area contributed by atoms with Crippen LogP contribution in [0.2, 0.25) is 0 Å². The molecule has 2 aromatic carbocycles. The predicted molar refractivity (Wildman–Crippen MR) is 145 cm³/mol. The summed E-state index contributed by atoms with van der Waals surface area (Å²) < 4.78 is 6.10. The molecule has 0 saturated carbocycles. The van der Waals surface area contributed by atoms with E-state index in [1.165, 1.54) is 22.3 Å². The Hall–Kier alpha value is -2.51. The van der Waals surface area contributed by atoms with Crippen molar-refractivity contribution in [1.82, 2.24) is 4.90 Å². The van der Waals surface area contributed by atoms with E-state index in [9.17, 15) is 0 Å². The standard InChI is InChI=1S/C29H33NOS.ClH/c1-5-30(17-8-6-7-16-29(2,3)4)21-24-11-9-12-25(19-24)22-31-28-14-10-13-26(20-28)27-15-18-32-23-27;/h6,8-15,18-20,23H,5,17,21-22H2,1-4H3;1H/b8-6+;. The first-order chi connectivity index (χ1) is 15.4. The van der Waals surface area contributed by atoms with E-state index in [4.69, 9.17) is 4.74 Å². The molecule has 0 atom stereocenters. The molecule has 1 aromatic heterocycles. The molecule has 2 nitrogen and oxygen atoms in total. The number of ether oxygens (including phenoxy) is 1. The number of hydrogen-bond donors (Lipinski definition) is 0. The number of hydrogen-bond acceptors (Lipinski definition) is 3. The van der Waals surface area contributed by atoms with E-state index < -0.39 is 0 Å². The summed E-state index contributed by atoms with van der Waals surface area (Å²) in [6.07, 6.45) is 4.12. The highest BCUT2D eigenvalue weighted by atomic mass is 35.5. The molecule has 0 aliphatic heterocycles. The van der Waals surface area contributed by atoms with Crippen LogP contribution < -0.4 is 4.74 Å². The summed E-state index contributed by atoms with van der Waals surface area (Å²) in [5.41, 5.74) is 4.96. The normalized spacial score (nSPS) is 11.2. The second-order valence-electron chi connectivity index (χ2n) is 8.90. The first-order valence-corrected chi connectivity index (χ1v) is 12.1. The molecule has 0 amide bonds. The van der Waals surface area contributed by atoms with Gasteiger partial charge in [0.1, 0.15) is 12.4 Å². The van der Waals surface area contributed by atoms with E-state index in [1.807, 2.05) is 12.1 Å². The first-order valence-electron chi connectivity index (χ1n) is 11.2. The fourth-order valence-electron chi connectivity index (χ4n) is 3.26. The molecule has 33 heavy (non-hydrogen) atoms. The third-order valence-electron chi connectivity index (χ3n) is 4.95. The van der Waals surface area contributed by atoms with Gasteiger partial charge in [0.05, 0.1) is 0 Å². The van der Waals surface area contributed by atoms with Crippen molar-refractivity contribution in [3.05, 3.63) is 88.6 Å². The van der Waals surface area contributed by atoms with E-state index in [2.05, 4.69) is 110 Å². The van der Waals surface area contributed by atoms with Crippen LogP contribution in [0.4, 0.5) is 0 Å². The Morgan fingerprint density at radius 3 is 2.52 bits per heavy atom. The number of thiophene rings is 1. The smallest absolute Gasteiger partial charge is 0.120 e. The van der Waals surface area contributed by atoms with Crippen molar-refractivity contribution >= 4 is 23.7 Å². The Balaban J connectivity index is 0.00000385. The maximum absolute atomic E-state index is 6.10. The number of halogens is 1. The van der Waals surface area contributed by atoms with Crippen LogP contribution in [0.25, 0.3) is 11.1 Å². The topological polar surface area (TPSA) is 12.5 Å². The zero-order chi connectivity index (χ0) is 22.8. The zero-order valence-electron chi connectivity index (χ0n) is 20.0. The largest absolute Gasteiger partial charge is 0.489 e. The molecule has 0 radical (unpaired) electrons. The van der Waals surface area contributed by atoms with E-state index in [-0.39, 0.29) is 17.8 Å². The van der Waals surface area contributed by atoms with Gasteiger partial charge in [-0.25, -0.2) is 0 Å². The van der Waals surface area contributed by atoms with Crippen LogP contribution in [-0.4, -0.2) is 18.0 Å². The van der Waals surface area contributed by atoms with Gasteiger partial charge in [-0.05, 0) is 84.6 Å². The van der Waals surface area contributed by atoms with Crippen LogP contribution in [0, 0.1) is 17.3 Å². The number of likely N-dealkylation sites (N-methyl/N-ethyl adjacent to an activating group) is 1. The molecule has 0 aliphatic rings.